The maximum absolute atomic E-state index is 14.1. The first-order chi connectivity index (χ1) is 32.5. The van der Waals surface area contributed by atoms with Crippen LogP contribution in [0.25, 0.3) is 43.1 Å². The Labute approximate surface area is 397 Å². The fraction of sp³-hybridized carbons (Fsp3) is 0.600. The summed E-state index contributed by atoms with van der Waals surface area (Å²) in [7, 11) is 0. The Bertz CT molecular complexity index is 2090. The van der Waals surface area contributed by atoms with E-state index < -0.39 is 0 Å². The zero-order chi connectivity index (χ0) is 46.1. The first-order valence-corrected chi connectivity index (χ1v) is 27.4. The Hall–Kier alpha value is -4.32. The molecule has 4 amide bonds. The van der Waals surface area contributed by atoms with E-state index in [4.69, 9.17) is 0 Å². The number of carbonyl (C=O) groups is 4. The number of hydrogen-bond acceptors (Lipinski definition) is 4. The third kappa shape index (κ3) is 11.9. The predicted octanol–water partition coefficient (Wildman–Crippen LogP) is 17.5. The van der Waals surface area contributed by atoms with Crippen molar-refractivity contribution in [2.75, 3.05) is 13.1 Å². The van der Waals surface area contributed by atoms with Gasteiger partial charge in [-0.1, -0.05) is 231 Å². The quantitative estimate of drug-likeness (QED) is 0.0178. The van der Waals surface area contributed by atoms with Crippen molar-refractivity contribution >= 4 is 66.7 Å². The molecular formula is C60H82N2O4. The van der Waals surface area contributed by atoms with Gasteiger partial charge < -0.3 is 0 Å². The third-order valence-corrected chi connectivity index (χ3v) is 15.3. The number of imide groups is 2. The van der Waals surface area contributed by atoms with Crippen LogP contribution in [0, 0.1) is 0 Å². The van der Waals surface area contributed by atoms with E-state index in [1.54, 1.807) is 0 Å². The monoisotopic (exact) mass is 895 g/mol. The minimum atomic E-state index is -0.214. The van der Waals surface area contributed by atoms with Gasteiger partial charge in [0.15, 0.2) is 0 Å². The summed E-state index contributed by atoms with van der Waals surface area (Å²) in [6.45, 7) is 5.43. The standard InChI is InChI=1S/C60H82N2O4/c1-3-5-7-9-11-13-15-17-19-21-23-25-27-29-31-33-43-61-57(63)49-39-35-45-47-37-41-51-56-52(42-38-48(54(47)56)46-36-40-50(58(61)64)55(49)53(45)46)60(66)62(59(51)65)44-34-32-30-28-26-24-22-20-18-16-14-12-10-8-6-4-2/h35-42H,3-34,43-44H2,1-2H3. The van der Waals surface area contributed by atoms with Gasteiger partial charge >= 0.3 is 0 Å². The lowest BCUT2D eigenvalue weighted by atomic mass is 9.82. The van der Waals surface area contributed by atoms with Gasteiger partial charge in [0.25, 0.3) is 23.6 Å². The molecule has 0 radical (unpaired) electrons. The number of rotatable bonds is 34. The van der Waals surface area contributed by atoms with Crippen molar-refractivity contribution in [3.8, 4) is 0 Å². The second kappa shape index (κ2) is 25.7. The molecule has 0 fully saturated rings. The Morgan fingerprint density at radius 2 is 0.455 bits per heavy atom. The van der Waals surface area contributed by atoms with Gasteiger partial charge in [-0.25, -0.2) is 0 Å². The molecule has 0 bridgehead atoms. The van der Waals surface area contributed by atoms with Crippen molar-refractivity contribution in [3.05, 3.63) is 70.8 Å². The van der Waals surface area contributed by atoms with E-state index in [1.807, 2.05) is 48.5 Å². The second-order valence-corrected chi connectivity index (χ2v) is 20.3. The highest BCUT2D eigenvalue weighted by atomic mass is 16.2. The molecule has 0 aromatic heterocycles. The highest BCUT2D eigenvalue weighted by molar-refractivity contribution is 6.41. The van der Waals surface area contributed by atoms with Crippen LogP contribution in [-0.2, 0) is 0 Å². The fourth-order valence-corrected chi connectivity index (χ4v) is 11.4. The van der Waals surface area contributed by atoms with Crippen LogP contribution in [0.5, 0.6) is 0 Å². The molecule has 0 unspecified atom stereocenters. The van der Waals surface area contributed by atoms with Crippen LogP contribution in [0.3, 0.4) is 0 Å². The van der Waals surface area contributed by atoms with E-state index in [9.17, 15) is 19.2 Å². The van der Waals surface area contributed by atoms with E-state index in [0.29, 0.717) is 35.3 Å². The largest absolute Gasteiger partial charge is 0.274 e. The Morgan fingerprint density at radius 1 is 0.258 bits per heavy atom. The number of unbranched alkanes of at least 4 members (excludes halogenated alkanes) is 30. The molecular weight excluding hydrogens is 813 g/mol. The summed E-state index contributed by atoms with van der Waals surface area (Å²) >= 11 is 0. The molecule has 6 heteroatoms. The van der Waals surface area contributed by atoms with Crippen LogP contribution in [0.15, 0.2) is 48.5 Å². The van der Waals surface area contributed by atoms with Crippen molar-refractivity contribution in [1.82, 2.24) is 9.80 Å². The maximum Gasteiger partial charge on any atom is 0.261 e. The van der Waals surface area contributed by atoms with Crippen LogP contribution in [-0.4, -0.2) is 46.5 Å². The van der Waals surface area contributed by atoms with Crippen molar-refractivity contribution < 1.29 is 19.2 Å². The molecule has 0 saturated heterocycles. The zero-order valence-corrected chi connectivity index (χ0v) is 41.2. The lowest BCUT2D eigenvalue weighted by molar-refractivity contribution is 0.0592. The van der Waals surface area contributed by atoms with Crippen molar-refractivity contribution in [2.45, 2.75) is 219 Å². The van der Waals surface area contributed by atoms with E-state index in [0.717, 1.165) is 81.6 Å². The van der Waals surface area contributed by atoms with Gasteiger partial charge in [-0.3, -0.25) is 29.0 Å². The number of hydrogen-bond donors (Lipinski definition) is 0. The molecule has 2 heterocycles. The second-order valence-electron chi connectivity index (χ2n) is 20.3. The highest BCUT2D eigenvalue weighted by Gasteiger charge is 2.36. The molecule has 0 N–H and O–H groups in total. The summed E-state index contributed by atoms with van der Waals surface area (Å²) in [5, 5.41) is 6.99. The maximum atomic E-state index is 14.1. The lowest BCUT2D eigenvalue weighted by Gasteiger charge is -2.30. The average Bonchev–Trinajstić information content (AvgIpc) is 3.33. The van der Waals surface area contributed by atoms with Crippen molar-refractivity contribution in [3.63, 3.8) is 0 Å². The van der Waals surface area contributed by atoms with Crippen LogP contribution in [0.2, 0.25) is 0 Å². The first-order valence-electron chi connectivity index (χ1n) is 27.4. The molecule has 7 rings (SSSR count). The molecule has 5 aromatic carbocycles. The molecule has 356 valence electrons. The van der Waals surface area contributed by atoms with Gasteiger partial charge in [0, 0.05) is 46.1 Å². The summed E-state index contributed by atoms with van der Waals surface area (Å²) in [5.41, 5.74) is 2.30. The molecule has 5 aromatic rings. The normalized spacial score (nSPS) is 13.9. The molecule has 0 aliphatic carbocycles. The number of carbonyl (C=O) groups excluding carboxylic acids is 4. The number of fused-ring (bicyclic) bond motifs is 2. The van der Waals surface area contributed by atoms with E-state index in [2.05, 4.69) is 13.8 Å². The van der Waals surface area contributed by atoms with Gasteiger partial charge in [0.05, 0.1) is 0 Å². The summed E-state index contributed by atoms with van der Waals surface area (Å²) < 4.78 is 0. The van der Waals surface area contributed by atoms with Gasteiger partial charge in [-0.15, -0.1) is 0 Å². The van der Waals surface area contributed by atoms with Crippen LogP contribution in [0.1, 0.15) is 261 Å². The predicted molar refractivity (Wildman–Crippen MR) is 277 cm³/mol. The van der Waals surface area contributed by atoms with E-state index in [1.165, 1.54) is 177 Å². The van der Waals surface area contributed by atoms with Gasteiger partial charge in [0.2, 0.25) is 0 Å². The number of nitrogens with zero attached hydrogens (tertiary/aromatic N) is 2. The van der Waals surface area contributed by atoms with Crippen molar-refractivity contribution in [2.24, 2.45) is 0 Å². The van der Waals surface area contributed by atoms with Crippen LogP contribution in [0.4, 0.5) is 0 Å². The zero-order valence-electron chi connectivity index (χ0n) is 41.2. The van der Waals surface area contributed by atoms with Crippen molar-refractivity contribution in [1.29, 1.82) is 0 Å². The molecule has 2 aliphatic rings. The third-order valence-electron chi connectivity index (χ3n) is 15.3. The minimum Gasteiger partial charge on any atom is -0.274 e. The fourth-order valence-electron chi connectivity index (χ4n) is 11.4. The van der Waals surface area contributed by atoms with Crippen LogP contribution < -0.4 is 0 Å². The molecule has 2 aliphatic heterocycles. The molecule has 0 spiro atoms. The minimum absolute atomic E-state index is 0.214. The Kier molecular flexibility index (Phi) is 19.3. The average molecular weight is 895 g/mol. The molecule has 6 nitrogen and oxygen atoms in total. The van der Waals surface area contributed by atoms with Gasteiger partial charge in [0.1, 0.15) is 0 Å². The SMILES string of the molecule is CCCCCCCCCCCCCCCCCCN1C(=O)c2ccc3c4ccc5c6c(ccc(c7ccc(c2c37)C1=O)c64)C(=O)N(CCCCCCCCCCCCCCCCCC)C5=O. The number of benzene rings is 5. The number of amides is 4. The molecule has 0 saturated carbocycles. The molecule has 0 atom stereocenters. The lowest BCUT2D eigenvalue weighted by Crippen LogP contribution is -2.41. The topological polar surface area (TPSA) is 74.8 Å². The highest BCUT2D eigenvalue weighted by Crippen LogP contribution is 2.46. The summed E-state index contributed by atoms with van der Waals surface area (Å²) in [5.74, 6) is -0.856. The van der Waals surface area contributed by atoms with E-state index in [-0.39, 0.29) is 23.6 Å². The van der Waals surface area contributed by atoms with E-state index >= 15 is 0 Å². The Balaban J connectivity index is 0.894. The van der Waals surface area contributed by atoms with Crippen LogP contribution >= 0.6 is 0 Å². The summed E-state index contributed by atoms with van der Waals surface area (Å²) in [6, 6.07) is 15.6. The summed E-state index contributed by atoms with van der Waals surface area (Å²) in [4.78, 5) is 59.2. The van der Waals surface area contributed by atoms with Gasteiger partial charge in [-0.2, -0.15) is 0 Å². The van der Waals surface area contributed by atoms with Gasteiger partial charge in [-0.05, 0) is 69.4 Å². The first kappa shape index (κ1) is 49.6. The molecule has 66 heavy (non-hydrogen) atoms. The summed E-state index contributed by atoms with van der Waals surface area (Å²) in [6.07, 6.45) is 41.0. The Morgan fingerprint density at radius 3 is 0.667 bits per heavy atom. The smallest absolute Gasteiger partial charge is 0.261 e.